The first kappa shape index (κ1) is 14.1. The summed E-state index contributed by atoms with van der Waals surface area (Å²) >= 11 is 1.37. The Balaban J connectivity index is 1.87. The van der Waals surface area contributed by atoms with Crippen LogP contribution in [0.1, 0.15) is 39.0 Å². The molecule has 1 unspecified atom stereocenters. The molecule has 0 aromatic carbocycles. The number of hydrogen-bond acceptors (Lipinski definition) is 5. The van der Waals surface area contributed by atoms with E-state index in [0.717, 1.165) is 32.5 Å². The molecule has 2 rings (SSSR count). The predicted octanol–water partition coefficient (Wildman–Crippen LogP) is 2.44. The van der Waals surface area contributed by atoms with Crippen molar-refractivity contribution < 1.29 is 4.74 Å². The van der Waals surface area contributed by atoms with Gasteiger partial charge in [0, 0.05) is 13.2 Å². The van der Waals surface area contributed by atoms with Crippen molar-refractivity contribution in [2.45, 2.75) is 44.8 Å². The normalized spacial score (nSPS) is 27.5. The first-order valence-corrected chi connectivity index (χ1v) is 7.66. The van der Waals surface area contributed by atoms with E-state index in [1.165, 1.54) is 37.0 Å². The Labute approximate surface area is 114 Å². The predicted molar refractivity (Wildman–Crippen MR) is 77.6 cm³/mol. The van der Waals surface area contributed by atoms with E-state index in [4.69, 9.17) is 4.74 Å². The molecule has 1 atom stereocenters. The summed E-state index contributed by atoms with van der Waals surface area (Å²) < 4.78 is 13.6. The van der Waals surface area contributed by atoms with E-state index in [2.05, 4.69) is 27.4 Å². The Kier molecular flexibility index (Phi) is 5.69. The molecule has 0 amide bonds. The summed E-state index contributed by atoms with van der Waals surface area (Å²) in [6.45, 7) is 4.95. The summed E-state index contributed by atoms with van der Waals surface area (Å²) in [6, 6.07) is 0. The van der Waals surface area contributed by atoms with Crippen LogP contribution in [0, 0.1) is 0 Å². The highest BCUT2D eigenvalue weighted by Crippen LogP contribution is 2.27. The van der Waals surface area contributed by atoms with Crippen molar-refractivity contribution in [2.24, 2.45) is 4.40 Å². The van der Waals surface area contributed by atoms with Gasteiger partial charge in [0.15, 0.2) is 5.72 Å². The minimum atomic E-state index is -0.468. The smallest absolute Gasteiger partial charge is 0.189 e. The van der Waals surface area contributed by atoms with Crippen molar-refractivity contribution in [1.82, 2.24) is 10.0 Å². The molecule has 2 aliphatic rings. The largest absolute Gasteiger partial charge is 0.350 e. The summed E-state index contributed by atoms with van der Waals surface area (Å²) in [7, 11) is 0. The van der Waals surface area contributed by atoms with Gasteiger partial charge in [-0.15, -0.1) is 0 Å². The fourth-order valence-electron chi connectivity index (χ4n) is 2.22. The maximum atomic E-state index is 6.09. The Morgan fingerprint density at radius 3 is 3.06 bits per heavy atom. The van der Waals surface area contributed by atoms with E-state index >= 15 is 0 Å². The van der Waals surface area contributed by atoms with E-state index < -0.39 is 5.72 Å². The molecule has 0 radical (unpaired) electrons. The molecule has 0 bridgehead atoms. The minimum Gasteiger partial charge on any atom is -0.350 e. The number of nitrogens with one attached hydrogen (secondary N) is 2. The number of nitrogens with zero attached hydrogens (tertiary/aromatic N) is 1. The minimum absolute atomic E-state index is 0.468. The maximum absolute atomic E-state index is 6.09. The third-order valence-corrected chi connectivity index (χ3v) is 3.92. The SMILES string of the molecule is CCCCCCOC1(C2=CCCNC2)C=NSN1. The van der Waals surface area contributed by atoms with Crippen LogP contribution in [0.5, 0.6) is 0 Å². The average Bonchev–Trinajstić information content (AvgIpc) is 2.90. The van der Waals surface area contributed by atoms with Gasteiger partial charge in [-0.1, -0.05) is 32.3 Å². The Morgan fingerprint density at radius 1 is 1.44 bits per heavy atom. The number of rotatable bonds is 7. The highest BCUT2D eigenvalue weighted by molar-refractivity contribution is 7.96. The molecule has 0 saturated carbocycles. The summed E-state index contributed by atoms with van der Waals surface area (Å²) in [5.41, 5.74) is 0.794. The molecule has 2 aliphatic heterocycles. The van der Waals surface area contributed by atoms with Crippen molar-refractivity contribution in [1.29, 1.82) is 0 Å². The highest BCUT2D eigenvalue weighted by Gasteiger charge is 2.37. The fourth-order valence-corrected chi connectivity index (χ4v) is 2.85. The molecule has 0 aliphatic carbocycles. The summed E-state index contributed by atoms with van der Waals surface area (Å²) in [5, 5.41) is 3.39. The van der Waals surface area contributed by atoms with Gasteiger partial charge < -0.3 is 10.1 Å². The van der Waals surface area contributed by atoms with Gasteiger partial charge in [0.2, 0.25) is 0 Å². The van der Waals surface area contributed by atoms with Gasteiger partial charge in [0.25, 0.3) is 0 Å². The van der Waals surface area contributed by atoms with Crippen LogP contribution in [0.15, 0.2) is 16.0 Å². The van der Waals surface area contributed by atoms with E-state index in [1.807, 2.05) is 6.21 Å². The molecule has 0 aromatic heterocycles. The molecule has 18 heavy (non-hydrogen) atoms. The molecule has 2 heterocycles. The van der Waals surface area contributed by atoms with Crippen LogP contribution < -0.4 is 10.0 Å². The number of unbranched alkanes of at least 4 members (excludes halogenated alkanes) is 3. The second-order valence-corrected chi connectivity index (χ2v) is 5.36. The van der Waals surface area contributed by atoms with Crippen LogP contribution in [0.3, 0.4) is 0 Å². The average molecular weight is 269 g/mol. The lowest BCUT2D eigenvalue weighted by Gasteiger charge is -2.31. The van der Waals surface area contributed by atoms with Crippen LogP contribution >= 0.6 is 12.1 Å². The lowest BCUT2D eigenvalue weighted by molar-refractivity contribution is 0.0287. The summed E-state index contributed by atoms with van der Waals surface area (Å²) in [6.07, 6.45) is 10.2. The van der Waals surface area contributed by atoms with Gasteiger partial charge >= 0.3 is 0 Å². The molecule has 0 saturated heterocycles. The highest BCUT2D eigenvalue weighted by atomic mass is 32.2. The van der Waals surface area contributed by atoms with Crippen molar-refractivity contribution in [3.8, 4) is 0 Å². The van der Waals surface area contributed by atoms with Gasteiger partial charge in [-0.2, -0.15) is 0 Å². The lowest BCUT2D eigenvalue weighted by atomic mass is 10.0. The fraction of sp³-hybridized carbons (Fsp3) is 0.769. The molecule has 102 valence electrons. The Bertz CT molecular complexity index is 319. The van der Waals surface area contributed by atoms with E-state index in [1.54, 1.807) is 0 Å². The van der Waals surface area contributed by atoms with E-state index in [-0.39, 0.29) is 0 Å². The topological polar surface area (TPSA) is 45.6 Å². The van der Waals surface area contributed by atoms with E-state index in [9.17, 15) is 0 Å². The van der Waals surface area contributed by atoms with Gasteiger partial charge in [0.05, 0.1) is 18.3 Å². The van der Waals surface area contributed by atoms with Crippen LogP contribution in [-0.2, 0) is 4.74 Å². The van der Waals surface area contributed by atoms with Crippen LogP contribution in [0.4, 0.5) is 0 Å². The lowest BCUT2D eigenvalue weighted by Crippen LogP contribution is -2.49. The second-order valence-electron chi connectivity index (χ2n) is 4.77. The van der Waals surface area contributed by atoms with Crippen molar-refractivity contribution in [3.63, 3.8) is 0 Å². The van der Waals surface area contributed by atoms with Crippen molar-refractivity contribution in [3.05, 3.63) is 11.6 Å². The maximum Gasteiger partial charge on any atom is 0.189 e. The third kappa shape index (κ3) is 3.57. The van der Waals surface area contributed by atoms with Gasteiger partial charge in [0.1, 0.15) is 0 Å². The van der Waals surface area contributed by atoms with Gasteiger partial charge in [-0.05, 0) is 25.0 Å². The molecular formula is C13H23N3OS. The zero-order chi connectivity index (χ0) is 12.7. The quantitative estimate of drug-likeness (QED) is 0.423. The molecule has 0 spiro atoms. The first-order chi connectivity index (χ1) is 8.87. The van der Waals surface area contributed by atoms with Gasteiger partial charge in [-0.3, -0.25) is 0 Å². The molecule has 4 nitrogen and oxygen atoms in total. The standard InChI is InChI=1S/C13H23N3OS/c1-2-3-4-5-9-17-13(11-15-18-16-13)12-7-6-8-14-10-12/h7,11,14,16H,2-6,8-10H2,1H3. The molecule has 2 N–H and O–H groups in total. The Hall–Kier alpha value is -0.360. The summed E-state index contributed by atoms with van der Waals surface area (Å²) in [4.78, 5) is 0. The zero-order valence-electron chi connectivity index (χ0n) is 11.1. The molecular weight excluding hydrogens is 246 g/mol. The van der Waals surface area contributed by atoms with Crippen molar-refractivity contribution in [2.75, 3.05) is 19.7 Å². The molecule has 0 fully saturated rings. The number of ether oxygens (including phenoxy) is 1. The Morgan fingerprint density at radius 2 is 2.39 bits per heavy atom. The number of hydrogen-bond donors (Lipinski definition) is 2. The summed E-state index contributed by atoms with van der Waals surface area (Å²) in [5.74, 6) is 0. The van der Waals surface area contributed by atoms with Crippen molar-refractivity contribution >= 4 is 18.3 Å². The van der Waals surface area contributed by atoms with Crippen LogP contribution in [-0.4, -0.2) is 31.6 Å². The van der Waals surface area contributed by atoms with Crippen LogP contribution in [0.25, 0.3) is 0 Å². The monoisotopic (exact) mass is 269 g/mol. The third-order valence-electron chi connectivity index (χ3n) is 3.32. The second kappa shape index (κ2) is 7.28. The zero-order valence-corrected chi connectivity index (χ0v) is 11.9. The van der Waals surface area contributed by atoms with Crippen LogP contribution in [0.2, 0.25) is 0 Å². The van der Waals surface area contributed by atoms with E-state index in [0.29, 0.717) is 0 Å². The molecule has 5 heteroatoms. The first-order valence-electron chi connectivity index (χ1n) is 6.89. The van der Waals surface area contributed by atoms with Gasteiger partial charge in [-0.25, -0.2) is 9.12 Å². The molecule has 0 aromatic rings.